The fourth-order valence-corrected chi connectivity index (χ4v) is 4.75. The van der Waals surface area contributed by atoms with Crippen molar-refractivity contribution in [2.75, 3.05) is 19.2 Å². The molecule has 0 saturated carbocycles. The average Bonchev–Trinajstić information content (AvgIpc) is 3.44. The first-order valence-corrected chi connectivity index (χ1v) is 11.2. The molecule has 1 aromatic heterocycles. The van der Waals surface area contributed by atoms with E-state index in [4.69, 9.17) is 23.5 Å². The lowest BCUT2D eigenvalue weighted by Crippen LogP contribution is -2.41. The molecular weight excluding hydrogens is 429 g/mol. The number of carbonyl (C=O) groups is 1. The van der Waals surface area contributed by atoms with E-state index in [1.165, 1.54) is 11.3 Å². The minimum Gasteiger partial charge on any atom is -0.496 e. The van der Waals surface area contributed by atoms with Gasteiger partial charge in [-0.15, -0.1) is 11.3 Å². The van der Waals surface area contributed by atoms with Crippen LogP contribution in [0.3, 0.4) is 0 Å². The molecule has 1 fully saturated rings. The molecule has 5 rings (SSSR count). The summed E-state index contributed by atoms with van der Waals surface area (Å²) in [6, 6.07) is 11.2. The first-order valence-electron chi connectivity index (χ1n) is 10.4. The van der Waals surface area contributed by atoms with Crippen molar-refractivity contribution in [3.63, 3.8) is 0 Å². The van der Waals surface area contributed by atoms with Crippen LogP contribution in [-0.2, 0) is 9.31 Å². The van der Waals surface area contributed by atoms with E-state index in [1.807, 2.05) is 58.0 Å². The zero-order chi connectivity index (χ0) is 22.7. The molecule has 0 spiro atoms. The summed E-state index contributed by atoms with van der Waals surface area (Å²) in [6.45, 7) is 8.06. The molecule has 7 nitrogen and oxygen atoms in total. The molecule has 1 amide bonds. The Morgan fingerprint density at radius 1 is 1.06 bits per heavy atom. The number of carbonyl (C=O) groups excluding carboxylic acids is 1. The molecule has 32 heavy (non-hydrogen) atoms. The monoisotopic (exact) mass is 453 g/mol. The standard InChI is InChI=1S/C23H24BNO6S/c1-22(2)23(3,4)31-24(30-22)14-9-10-15(20-19(14)28-12-29-20)25-21(26)18-11-13-16(27-5)7-6-8-17(13)32-18/h6-11H,12H2,1-5H3,(H,25,26). The summed E-state index contributed by atoms with van der Waals surface area (Å²) in [7, 11) is 1.03. The van der Waals surface area contributed by atoms with Crippen molar-refractivity contribution in [3.8, 4) is 17.2 Å². The molecule has 0 unspecified atom stereocenters. The van der Waals surface area contributed by atoms with Gasteiger partial charge in [-0.2, -0.15) is 0 Å². The summed E-state index contributed by atoms with van der Waals surface area (Å²) in [5.41, 5.74) is 0.325. The van der Waals surface area contributed by atoms with Crippen LogP contribution in [0.2, 0.25) is 0 Å². The number of hydrogen-bond donors (Lipinski definition) is 1. The Hall–Kier alpha value is -2.75. The van der Waals surface area contributed by atoms with Gasteiger partial charge in [0.15, 0.2) is 11.5 Å². The number of amides is 1. The van der Waals surface area contributed by atoms with Crippen molar-refractivity contribution in [1.29, 1.82) is 0 Å². The molecule has 2 aliphatic rings. The first kappa shape index (κ1) is 21.1. The Labute approximate surface area is 190 Å². The van der Waals surface area contributed by atoms with Crippen LogP contribution < -0.4 is 25.0 Å². The molecule has 0 aliphatic carbocycles. The smallest absolute Gasteiger partial charge is 0.496 e. The van der Waals surface area contributed by atoms with Crippen LogP contribution in [0.5, 0.6) is 17.2 Å². The zero-order valence-electron chi connectivity index (χ0n) is 18.6. The van der Waals surface area contributed by atoms with E-state index in [-0.39, 0.29) is 12.7 Å². The quantitative estimate of drug-likeness (QED) is 0.598. The number of nitrogens with one attached hydrogen (secondary N) is 1. The third kappa shape index (κ3) is 3.32. The fraction of sp³-hybridized carbons (Fsp3) is 0.348. The van der Waals surface area contributed by atoms with Gasteiger partial charge in [-0.25, -0.2) is 0 Å². The third-order valence-corrected chi connectivity index (χ3v) is 7.37. The van der Waals surface area contributed by atoms with Crippen LogP contribution in [0.15, 0.2) is 36.4 Å². The van der Waals surface area contributed by atoms with E-state index in [9.17, 15) is 4.79 Å². The van der Waals surface area contributed by atoms with Gasteiger partial charge in [-0.1, -0.05) is 12.1 Å². The van der Waals surface area contributed by atoms with Crippen LogP contribution in [0.1, 0.15) is 37.4 Å². The molecule has 0 bridgehead atoms. The Kier molecular flexibility index (Phi) is 4.88. The highest BCUT2D eigenvalue weighted by Crippen LogP contribution is 2.42. The van der Waals surface area contributed by atoms with E-state index < -0.39 is 18.3 Å². The highest BCUT2D eigenvalue weighted by atomic mass is 32.1. The van der Waals surface area contributed by atoms with Gasteiger partial charge in [-0.05, 0) is 52.0 Å². The number of fused-ring (bicyclic) bond motifs is 2. The number of methoxy groups -OCH3 is 1. The van der Waals surface area contributed by atoms with E-state index in [1.54, 1.807) is 13.2 Å². The largest absolute Gasteiger partial charge is 0.498 e. The molecular formula is C23H24BNO6S. The second-order valence-electron chi connectivity index (χ2n) is 8.79. The first-order chi connectivity index (χ1) is 15.2. The van der Waals surface area contributed by atoms with Crippen molar-refractivity contribution in [1.82, 2.24) is 0 Å². The number of ether oxygens (including phenoxy) is 3. The number of benzene rings is 2. The summed E-state index contributed by atoms with van der Waals surface area (Å²) in [5, 5.41) is 3.86. The minimum absolute atomic E-state index is 0.0643. The summed E-state index contributed by atoms with van der Waals surface area (Å²) >= 11 is 1.41. The second kappa shape index (κ2) is 7.40. The fourth-order valence-electron chi connectivity index (χ4n) is 3.78. The highest BCUT2D eigenvalue weighted by molar-refractivity contribution is 7.21. The average molecular weight is 453 g/mol. The van der Waals surface area contributed by atoms with Crippen molar-refractivity contribution in [2.45, 2.75) is 38.9 Å². The molecule has 3 heterocycles. The molecule has 0 radical (unpaired) electrons. The Morgan fingerprint density at radius 3 is 2.50 bits per heavy atom. The van der Waals surface area contributed by atoms with Crippen molar-refractivity contribution in [3.05, 3.63) is 41.3 Å². The minimum atomic E-state index is -0.588. The molecule has 1 saturated heterocycles. The molecule has 2 aromatic carbocycles. The molecule has 166 valence electrons. The summed E-state index contributed by atoms with van der Waals surface area (Å²) in [6.07, 6.45) is 0. The predicted octanol–water partition coefficient (Wildman–Crippen LogP) is 4.19. The maximum atomic E-state index is 13.0. The second-order valence-corrected chi connectivity index (χ2v) is 9.88. The lowest BCUT2D eigenvalue weighted by atomic mass is 9.78. The van der Waals surface area contributed by atoms with E-state index in [0.717, 1.165) is 21.3 Å². The van der Waals surface area contributed by atoms with Gasteiger partial charge in [0.05, 0.1) is 28.9 Å². The van der Waals surface area contributed by atoms with Crippen LogP contribution in [-0.4, -0.2) is 38.1 Å². The van der Waals surface area contributed by atoms with Crippen LogP contribution in [0.25, 0.3) is 10.1 Å². The molecule has 9 heteroatoms. The summed E-state index contributed by atoms with van der Waals surface area (Å²) in [5.74, 6) is 1.51. The van der Waals surface area contributed by atoms with E-state index in [2.05, 4.69) is 5.32 Å². The van der Waals surface area contributed by atoms with Crippen LogP contribution >= 0.6 is 11.3 Å². The zero-order valence-corrected chi connectivity index (χ0v) is 19.4. The van der Waals surface area contributed by atoms with E-state index in [0.29, 0.717) is 22.1 Å². The van der Waals surface area contributed by atoms with Gasteiger partial charge in [0, 0.05) is 15.5 Å². The summed E-state index contributed by atoms with van der Waals surface area (Å²) in [4.78, 5) is 13.6. The number of rotatable bonds is 4. The van der Waals surface area contributed by atoms with Crippen LogP contribution in [0.4, 0.5) is 5.69 Å². The van der Waals surface area contributed by atoms with Crippen molar-refractivity contribution in [2.24, 2.45) is 0 Å². The molecule has 2 aliphatic heterocycles. The van der Waals surface area contributed by atoms with Gasteiger partial charge in [0.2, 0.25) is 6.79 Å². The van der Waals surface area contributed by atoms with Crippen LogP contribution in [0, 0.1) is 0 Å². The van der Waals surface area contributed by atoms with Gasteiger partial charge in [0.1, 0.15) is 5.75 Å². The lowest BCUT2D eigenvalue weighted by molar-refractivity contribution is 0.00578. The SMILES string of the molecule is COc1cccc2sc(C(=O)Nc3ccc(B4OC(C)(C)C(C)(C)O4)c4c3OCO4)cc12. The lowest BCUT2D eigenvalue weighted by Gasteiger charge is -2.32. The topological polar surface area (TPSA) is 75.3 Å². The van der Waals surface area contributed by atoms with Gasteiger partial charge in [0.25, 0.3) is 5.91 Å². The van der Waals surface area contributed by atoms with Crippen molar-refractivity contribution < 1.29 is 28.3 Å². The normalized spacial score (nSPS) is 18.2. The van der Waals surface area contributed by atoms with Gasteiger partial charge < -0.3 is 28.8 Å². The Morgan fingerprint density at radius 2 is 1.78 bits per heavy atom. The number of hydrogen-bond acceptors (Lipinski definition) is 7. The number of thiophene rings is 1. The maximum Gasteiger partial charge on any atom is 0.498 e. The Bertz CT molecular complexity index is 1200. The number of anilines is 1. The molecule has 3 aromatic rings. The molecule has 0 atom stereocenters. The highest BCUT2D eigenvalue weighted by Gasteiger charge is 2.53. The van der Waals surface area contributed by atoms with E-state index >= 15 is 0 Å². The van der Waals surface area contributed by atoms with Gasteiger partial charge in [-0.3, -0.25) is 4.79 Å². The molecule has 1 N–H and O–H groups in total. The van der Waals surface area contributed by atoms with Crippen molar-refractivity contribution >= 4 is 45.6 Å². The summed E-state index contributed by atoms with van der Waals surface area (Å²) < 4.78 is 30.2. The predicted molar refractivity (Wildman–Crippen MR) is 125 cm³/mol. The Balaban J connectivity index is 1.44. The third-order valence-electron chi connectivity index (χ3n) is 6.27. The van der Waals surface area contributed by atoms with Gasteiger partial charge >= 0.3 is 7.12 Å². The maximum absolute atomic E-state index is 13.0.